The molecule has 0 radical (unpaired) electrons. The number of phenols is 1. The van der Waals surface area contributed by atoms with Crippen molar-refractivity contribution in [3.8, 4) is 5.75 Å². The number of amides is 2. The maximum absolute atomic E-state index is 10.8. The standard InChI is InChI=1S/C11H12N2O3S/c1-6(13(16)11(12)15)9-4-7-2-3-8(14)5-10(7)17-9/h2-6,14,16H,1H3,(H2,12,15). The van der Waals surface area contributed by atoms with Gasteiger partial charge < -0.3 is 10.8 Å². The summed E-state index contributed by atoms with van der Waals surface area (Å²) in [6.45, 7) is 1.68. The number of carbonyl (C=O) groups excluding carboxylic acids is 1. The molecule has 2 amide bonds. The van der Waals surface area contributed by atoms with E-state index in [9.17, 15) is 15.1 Å². The third-order valence-corrected chi connectivity index (χ3v) is 3.80. The summed E-state index contributed by atoms with van der Waals surface area (Å²) in [7, 11) is 0. The van der Waals surface area contributed by atoms with Crippen LogP contribution < -0.4 is 5.73 Å². The summed E-state index contributed by atoms with van der Waals surface area (Å²) in [5.74, 6) is 0.189. The Morgan fingerprint density at radius 1 is 1.47 bits per heavy atom. The summed E-state index contributed by atoms with van der Waals surface area (Å²) in [6, 6.07) is 5.47. The van der Waals surface area contributed by atoms with Gasteiger partial charge in [-0.3, -0.25) is 5.21 Å². The Balaban J connectivity index is 2.39. The lowest BCUT2D eigenvalue weighted by Gasteiger charge is -2.18. The van der Waals surface area contributed by atoms with E-state index in [-0.39, 0.29) is 5.75 Å². The van der Waals surface area contributed by atoms with Crippen LogP contribution in [-0.4, -0.2) is 21.4 Å². The van der Waals surface area contributed by atoms with Crippen molar-refractivity contribution in [2.75, 3.05) is 0 Å². The molecule has 1 atom stereocenters. The number of hydrogen-bond donors (Lipinski definition) is 3. The number of nitrogens with two attached hydrogens (primary N) is 1. The highest BCUT2D eigenvalue weighted by Gasteiger charge is 2.19. The number of rotatable bonds is 2. The number of phenolic OH excluding ortho intramolecular Hbond substituents is 1. The largest absolute Gasteiger partial charge is 0.508 e. The Labute approximate surface area is 102 Å². The number of primary amides is 1. The summed E-state index contributed by atoms with van der Waals surface area (Å²) in [4.78, 5) is 11.6. The van der Waals surface area contributed by atoms with Crippen molar-refractivity contribution in [1.29, 1.82) is 0 Å². The molecule has 5 nitrogen and oxygen atoms in total. The minimum atomic E-state index is -0.891. The zero-order valence-corrected chi connectivity index (χ0v) is 9.94. The van der Waals surface area contributed by atoms with E-state index in [1.165, 1.54) is 11.3 Å². The minimum absolute atomic E-state index is 0.189. The van der Waals surface area contributed by atoms with Crippen LogP contribution in [0, 0.1) is 0 Å². The average Bonchev–Trinajstić information content (AvgIpc) is 2.69. The van der Waals surface area contributed by atoms with Gasteiger partial charge in [-0.25, -0.2) is 4.79 Å². The van der Waals surface area contributed by atoms with E-state index in [1.54, 1.807) is 25.1 Å². The Hall–Kier alpha value is -1.79. The zero-order chi connectivity index (χ0) is 12.6. The second-order valence-corrected chi connectivity index (χ2v) is 4.85. The first-order valence-corrected chi connectivity index (χ1v) is 5.80. The highest BCUT2D eigenvalue weighted by atomic mass is 32.1. The van der Waals surface area contributed by atoms with Crippen molar-refractivity contribution < 1.29 is 15.1 Å². The number of hydroxylamine groups is 2. The van der Waals surface area contributed by atoms with Gasteiger partial charge >= 0.3 is 6.03 Å². The number of fused-ring (bicyclic) bond motifs is 1. The third kappa shape index (κ3) is 2.17. The van der Waals surface area contributed by atoms with Crippen molar-refractivity contribution in [2.24, 2.45) is 5.73 Å². The molecule has 1 aromatic carbocycles. The Bertz CT molecular complexity index is 567. The van der Waals surface area contributed by atoms with E-state index >= 15 is 0 Å². The van der Waals surface area contributed by atoms with Crippen LogP contribution in [0.15, 0.2) is 24.3 Å². The van der Waals surface area contributed by atoms with Gasteiger partial charge in [-0.2, -0.15) is 5.06 Å². The van der Waals surface area contributed by atoms with Crippen LogP contribution in [0.4, 0.5) is 4.79 Å². The first-order valence-electron chi connectivity index (χ1n) is 4.99. The Kier molecular flexibility index (Phi) is 2.91. The van der Waals surface area contributed by atoms with E-state index in [0.717, 1.165) is 15.0 Å². The molecule has 0 aliphatic carbocycles. The number of hydrogen-bond acceptors (Lipinski definition) is 4. The number of benzene rings is 1. The Morgan fingerprint density at radius 3 is 2.82 bits per heavy atom. The summed E-state index contributed by atoms with van der Waals surface area (Å²) < 4.78 is 0.893. The molecule has 6 heteroatoms. The van der Waals surface area contributed by atoms with Crippen LogP contribution in [0.3, 0.4) is 0 Å². The molecule has 0 spiro atoms. The van der Waals surface area contributed by atoms with Gasteiger partial charge in [-0.05, 0) is 36.6 Å². The molecule has 1 unspecified atom stereocenters. The number of carbonyl (C=O) groups is 1. The fourth-order valence-electron chi connectivity index (χ4n) is 1.56. The van der Waals surface area contributed by atoms with Crippen LogP contribution in [0.25, 0.3) is 10.1 Å². The van der Waals surface area contributed by atoms with Crippen LogP contribution >= 0.6 is 11.3 Å². The van der Waals surface area contributed by atoms with Gasteiger partial charge in [0.2, 0.25) is 0 Å². The molecule has 0 fully saturated rings. The smallest absolute Gasteiger partial charge is 0.339 e. The van der Waals surface area contributed by atoms with Crippen LogP contribution in [0.1, 0.15) is 17.8 Å². The molecule has 0 saturated carbocycles. The maximum Gasteiger partial charge on any atom is 0.339 e. The van der Waals surface area contributed by atoms with Gasteiger partial charge in [0.05, 0.1) is 6.04 Å². The van der Waals surface area contributed by atoms with Crippen LogP contribution in [0.2, 0.25) is 0 Å². The fourth-order valence-corrected chi connectivity index (χ4v) is 2.69. The van der Waals surface area contributed by atoms with Crippen molar-refractivity contribution in [2.45, 2.75) is 13.0 Å². The molecule has 4 N–H and O–H groups in total. The van der Waals surface area contributed by atoms with Gasteiger partial charge in [-0.15, -0.1) is 11.3 Å². The molecule has 0 aliphatic rings. The molecule has 2 rings (SSSR count). The van der Waals surface area contributed by atoms with E-state index in [4.69, 9.17) is 5.73 Å². The lowest BCUT2D eigenvalue weighted by atomic mass is 10.2. The summed E-state index contributed by atoms with van der Waals surface area (Å²) in [6.07, 6.45) is 0. The van der Waals surface area contributed by atoms with Crippen molar-refractivity contribution in [1.82, 2.24) is 5.06 Å². The van der Waals surface area contributed by atoms with E-state index in [2.05, 4.69) is 0 Å². The van der Waals surface area contributed by atoms with Crippen molar-refractivity contribution >= 4 is 27.5 Å². The highest BCUT2D eigenvalue weighted by Crippen LogP contribution is 2.33. The molecule has 17 heavy (non-hydrogen) atoms. The number of nitrogens with zero attached hydrogens (tertiary/aromatic N) is 1. The minimum Gasteiger partial charge on any atom is -0.508 e. The second-order valence-electron chi connectivity index (χ2n) is 3.73. The molecule has 0 bridgehead atoms. The number of thiophene rings is 1. The molecule has 1 aromatic heterocycles. The summed E-state index contributed by atoms with van der Waals surface area (Å²) in [5, 5.41) is 20.2. The fraction of sp³-hybridized carbons (Fsp3) is 0.182. The summed E-state index contributed by atoms with van der Waals surface area (Å²) >= 11 is 1.40. The SMILES string of the molecule is CC(c1cc2ccc(O)cc2s1)N(O)C(N)=O. The third-order valence-electron chi connectivity index (χ3n) is 2.53. The van der Waals surface area contributed by atoms with E-state index < -0.39 is 12.1 Å². The lowest BCUT2D eigenvalue weighted by Crippen LogP contribution is -2.34. The molecular formula is C11H12N2O3S. The van der Waals surface area contributed by atoms with Gasteiger partial charge in [-0.1, -0.05) is 0 Å². The lowest BCUT2D eigenvalue weighted by molar-refractivity contribution is -0.0700. The number of aromatic hydroxyl groups is 1. The van der Waals surface area contributed by atoms with E-state index in [1.807, 2.05) is 6.07 Å². The van der Waals surface area contributed by atoms with Crippen molar-refractivity contribution in [3.63, 3.8) is 0 Å². The van der Waals surface area contributed by atoms with Gasteiger partial charge in [0.25, 0.3) is 0 Å². The first-order chi connectivity index (χ1) is 7.99. The Morgan fingerprint density at radius 2 is 2.18 bits per heavy atom. The monoisotopic (exact) mass is 252 g/mol. The van der Waals surface area contributed by atoms with Crippen LogP contribution in [-0.2, 0) is 0 Å². The molecule has 0 aliphatic heterocycles. The van der Waals surface area contributed by atoms with Gasteiger partial charge in [0.15, 0.2) is 0 Å². The topological polar surface area (TPSA) is 86.8 Å². The van der Waals surface area contributed by atoms with Gasteiger partial charge in [0, 0.05) is 9.58 Å². The number of urea groups is 1. The maximum atomic E-state index is 10.8. The predicted octanol–water partition coefficient (Wildman–Crippen LogP) is 2.44. The zero-order valence-electron chi connectivity index (χ0n) is 9.12. The average molecular weight is 252 g/mol. The normalized spacial score (nSPS) is 12.6. The molecule has 1 heterocycles. The second kappa shape index (κ2) is 4.23. The quantitative estimate of drug-likeness (QED) is 0.566. The first kappa shape index (κ1) is 11.7. The van der Waals surface area contributed by atoms with E-state index in [0.29, 0.717) is 5.06 Å². The predicted molar refractivity (Wildman–Crippen MR) is 65.1 cm³/mol. The summed E-state index contributed by atoms with van der Waals surface area (Å²) in [5.41, 5.74) is 4.99. The highest BCUT2D eigenvalue weighted by molar-refractivity contribution is 7.19. The molecular weight excluding hydrogens is 240 g/mol. The molecule has 2 aromatic rings. The molecule has 0 saturated heterocycles. The van der Waals surface area contributed by atoms with Crippen LogP contribution in [0.5, 0.6) is 5.75 Å². The molecule has 90 valence electrons. The van der Waals surface area contributed by atoms with Gasteiger partial charge in [0.1, 0.15) is 5.75 Å². The van der Waals surface area contributed by atoms with Crippen molar-refractivity contribution in [3.05, 3.63) is 29.1 Å².